The van der Waals surface area contributed by atoms with Gasteiger partial charge in [0.15, 0.2) is 5.13 Å². The van der Waals surface area contributed by atoms with Crippen LogP contribution >= 0.6 is 27.3 Å². The average Bonchev–Trinajstić information content (AvgIpc) is 2.94. The third kappa shape index (κ3) is 2.41. The summed E-state index contributed by atoms with van der Waals surface area (Å²) in [4.78, 5) is 16.4. The number of aryl methyl sites for hydroxylation is 1. The van der Waals surface area contributed by atoms with Crippen LogP contribution in [0, 0.1) is 6.92 Å². The van der Waals surface area contributed by atoms with Crippen LogP contribution in [-0.4, -0.2) is 10.9 Å². The van der Waals surface area contributed by atoms with Crippen molar-refractivity contribution in [2.24, 2.45) is 0 Å². The minimum atomic E-state index is -0.204. The van der Waals surface area contributed by atoms with Gasteiger partial charge in [-0.05, 0) is 31.2 Å². The predicted molar refractivity (Wildman–Crippen MR) is 78.7 cm³/mol. The molecule has 0 unspecified atom stereocenters. The Balaban J connectivity index is 1.89. The number of amides is 1. The van der Waals surface area contributed by atoms with Crippen LogP contribution < -0.4 is 5.32 Å². The summed E-state index contributed by atoms with van der Waals surface area (Å²) in [6.45, 7) is 1.75. The molecule has 4 nitrogen and oxygen atoms in total. The molecule has 1 N–H and O–H groups in total. The Labute approximate surface area is 121 Å². The summed E-state index contributed by atoms with van der Waals surface area (Å²) in [5, 5.41) is 3.37. The lowest BCUT2D eigenvalue weighted by molar-refractivity contribution is 0.102. The first kappa shape index (κ1) is 12.4. The number of aromatic nitrogens is 1. The number of halogens is 1. The molecule has 0 aliphatic heterocycles. The SMILES string of the molecule is Cc1occc1C(=O)Nc1nc2ccc(Br)cc2s1. The summed E-state index contributed by atoms with van der Waals surface area (Å²) in [6.07, 6.45) is 1.50. The lowest BCUT2D eigenvalue weighted by atomic mass is 10.2. The van der Waals surface area contributed by atoms with E-state index < -0.39 is 0 Å². The average molecular weight is 337 g/mol. The summed E-state index contributed by atoms with van der Waals surface area (Å²) in [7, 11) is 0. The highest BCUT2D eigenvalue weighted by Crippen LogP contribution is 2.28. The van der Waals surface area contributed by atoms with Gasteiger partial charge in [-0.1, -0.05) is 27.3 Å². The van der Waals surface area contributed by atoms with Gasteiger partial charge in [0.1, 0.15) is 5.76 Å². The number of fused-ring (bicyclic) bond motifs is 1. The molecule has 19 heavy (non-hydrogen) atoms. The molecule has 0 aliphatic carbocycles. The summed E-state index contributed by atoms with van der Waals surface area (Å²) in [5.74, 6) is 0.394. The molecule has 0 saturated carbocycles. The Morgan fingerprint density at radius 1 is 1.42 bits per heavy atom. The summed E-state index contributed by atoms with van der Waals surface area (Å²) in [5.41, 5.74) is 1.40. The number of furan rings is 1. The molecular formula is C13H9BrN2O2S. The van der Waals surface area contributed by atoms with Crippen molar-refractivity contribution in [2.75, 3.05) is 5.32 Å². The Morgan fingerprint density at radius 2 is 2.26 bits per heavy atom. The first-order valence-electron chi connectivity index (χ1n) is 5.55. The van der Waals surface area contributed by atoms with Crippen LogP contribution in [0.2, 0.25) is 0 Å². The fraction of sp³-hybridized carbons (Fsp3) is 0.0769. The molecule has 2 heterocycles. The van der Waals surface area contributed by atoms with E-state index in [9.17, 15) is 4.79 Å². The molecule has 0 radical (unpaired) electrons. The van der Waals surface area contributed by atoms with Crippen LogP contribution in [0.3, 0.4) is 0 Å². The topological polar surface area (TPSA) is 55.1 Å². The van der Waals surface area contributed by atoms with Crippen molar-refractivity contribution >= 4 is 48.5 Å². The number of nitrogens with one attached hydrogen (secondary N) is 1. The lowest BCUT2D eigenvalue weighted by Gasteiger charge is -1.98. The van der Waals surface area contributed by atoms with E-state index >= 15 is 0 Å². The second kappa shape index (κ2) is 4.79. The fourth-order valence-corrected chi connectivity index (χ4v) is 3.15. The second-order valence-electron chi connectivity index (χ2n) is 3.98. The number of carbonyl (C=O) groups is 1. The van der Waals surface area contributed by atoms with E-state index in [0.717, 1.165) is 14.7 Å². The largest absolute Gasteiger partial charge is 0.469 e. The van der Waals surface area contributed by atoms with E-state index in [1.165, 1.54) is 17.6 Å². The van der Waals surface area contributed by atoms with Gasteiger partial charge in [-0.15, -0.1) is 0 Å². The quantitative estimate of drug-likeness (QED) is 0.762. The smallest absolute Gasteiger partial charge is 0.260 e. The number of nitrogens with zero attached hydrogens (tertiary/aromatic N) is 1. The number of carbonyl (C=O) groups excluding carboxylic acids is 1. The lowest BCUT2D eigenvalue weighted by Crippen LogP contribution is -2.11. The van der Waals surface area contributed by atoms with Crippen molar-refractivity contribution in [1.29, 1.82) is 0 Å². The van der Waals surface area contributed by atoms with E-state index in [1.807, 2.05) is 18.2 Å². The Bertz CT molecular complexity index is 763. The molecule has 3 aromatic rings. The van der Waals surface area contributed by atoms with E-state index in [1.54, 1.807) is 13.0 Å². The summed E-state index contributed by atoms with van der Waals surface area (Å²) < 4.78 is 7.13. The Kier molecular flexibility index (Phi) is 3.12. The minimum Gasteiger partial charge on any atom is -0.469 e. The van der Waals surface area contributed by atoms with Crippen molar-refractivity contribution in [3.8, 4) is 0 Å². The molecule has 0 atom stereocenters. The third-order valence-electron chi connectivity index (χ3n) is 2.67. The van der Waals surface area contributed by atoms with Crippen molar-refractivity contribution in [2.45, 2.75) is 6.92 Å². The minimum absolute atomic E-state index is 0.204. The molecule has 6 heteroatoms. The maximum Gasteiger partial charge on any atom is 0.260 e. The second-order valence-corrected chi connectivity index (χ2v) is 5.92. The first-order valence-corrected chi connectivity index (χ1v) is 7.16. The van der Waals surface area contributed by atoms with Crippen LogP contribution in [0.5, 0.6) is 0 Å². The molecule has 0 spiro atoms. The van der Waals surface area contributed by atoms with Gasteiger partial charge in [0, 0.05) is 4.47 Å². The van der Waals surface area contributed by atoms with E-state index in [-0.39, 0.29) is 5.91 Å². The highest BCUT2D eigenvalue weighted by atomic mass is 79.9. The molecule has 0 fully saturated rings. The van der Waals surface area contributed by atoms with Gasteiger partial charge in [0.05, 0.1) is 22.0 Å². The molecule has 2 aromatic heterocycles. The third-order valence-corrected chi connectivity index (χ3v) is 4.10. The number of rotatable bonds is 2. The zero-order valence-corrected chi connectivity index (χ0v) is 12.3. The van der Waals surface area contributed by atoms with Crippen molar-refractivity contribution in [3.05, 3.63) is 46.3 Å². The Morgan fingerprint density at radius 3 is 3.00 bits per heavy atom. The molecule has 1 amide bonds. The monoisotopic (exact) mass is 336 g/mol. The van der Waals surface area contributed by atoms with Crippen LogP contribution in [0.25, 0.3) is 10.2 Å². The molecule has 0 aliphatic rings. The number of hydrogen-bond donors (Lipinski definition) is 1. The van der Waals surface area contributed by atoms with Crippen LogP contribution in [0.4, 0.5) is 5.13 Å². The van der Waals surface area contributed by atoms with Gasteiger partial charge in [-0.25, -0.2) is 4.98 Å². The van der Waals surface area contributed by atoms with Gasteiger partial charge in [0.2, 0.25) is 0 Å². The zero-order valence-electron chi connectivity index (χ0n) is 9.94. The van der Waals surface area contributed by atoms with Crippen molar-refractivity contribution < 1.29 is 9.21 Å². The highest BCUT2D eigenvalue weighted by molar-refractivity contribution is 9.10. The molecule has 96 valence electrons. The van der Waals surface area contributed by atoms with Gasteiger partial charge in [0.25, 0.3) is 5.91 Å². The van der Waals surface area contributed by atoms with Crippen LogP contribution in [-0.2, 0) is 0 Å². The molecule has 0 saturated heterocycles. The molecule has 1 aromatic carbocycles. The van der Waals surface area contributed by atoms with E-state index in [2.05, 4.69) is 26.2 Å². The predicted octanol–water partition coefficient (Wildman–Crippen LogP) is 4.21. The maximum absolute atomic E-state index is 12.0. The van der Waals surface area contributed by atoms with E-state index in [4.69, 9.17) is 4.42 Å². The molecule has 0 bridgehead atoms. The molecule has 3 rings (SSSR count). The Hall–Kier alpha value is -1.66. The number of benzene rings is 1. The standard InChI is InChI=1S/C13H9BrN2O2S/c1-7-9(4-5-18-7)12(17)16-13-15-10-3-2-8(14)6-11(10)19-13/h2-6H,1H3,(H,15,16,17). The van der Waals surface area contributed by atoms with Crippen molar-refractivity contribution in [3.63, 3.8) is 0 Å². The fourth-order valence-electron chi connectivity index (χ4n) is 1.74. The maximum atomic E-state index is 12.0. The van der Waals surface area contributed by atoms with Gasteiger partial charge in [-0.3, -0.25) is 10.1 Å². The van der Waals surface area contributed by atoms with Gasteiger partial charge >= 0.3 is 0 Å². The number of thiazole rings is 1. The van der Waals surface area contributed by atoms with Crippen LogP contribution in [0.1, 0.15) is 16.1 Å². The highest BCUT2D eigenvalue weighted by Gasteiger charge is 2.13. The van der Waals surface area contributed by atoms with Gasteiger partial charge in [-0.2, -0.15) is 0 Å². The zero-order chi connectivity index (χ0) is 13.4. The summed E-state index contributed by atoms with van der Waals surface area (Å²) in [6, 6.07) is 7.46. The van der Waals surface area contributed by atoms with Crippen LogP contribution in [0.15, 0.2) is 39.4 Å². The molecular weight excluding hydrogens is 328 g/mol. The number of hydrogen-bond acceptors (Lipinski definition) is 4. The van der Waals surface area contributed by atoms with Crippen molar-refractivity contribution in [1.82, 2.24) is 4.98 Å². The first-order chi connectivity index (χ1) is 9.13. The number of anilines is 1. The summed E-state index contributed by atoms with van der Waals surface area (Å²) >= 11 is 4.85. The normalized spacial score (nSPS) is 10.8. The van der Waals surface area contributed by atoms with E-state index in [0.29, 0.717) is 16.5 Å². The van der Waals surface area contributed by atoms with Gasteiger partial charge < -0.3 is 4.42 Å².